The molecule has 2 atom stereocenters. The first-order chi connectivity index (χ1) is 7.59. The largest absolute Gasteiger partial charge is 0.361 e. The molecule has 4 nitrogen and oxygen atoms in total. The van der Waals surface area contributed by atoms with Crippen LogP contribution in [0.4, 0.5) is 4.39 Å². The number of nitro groups is 1. The van der Waals surface area contributed by atoms with Gasteiger partial charge in [0, 0.05) is 11.3 Å². The van der Waals surface area contributed by atoms with Gasteiger partial charge in [0.1, 0.15) is 5.82 Å². The maximum absolute atomic E-state index is 13.4. The number of thiophene rings is 1. The maximum Gasteiger partial charge on any atom is 0.247 e. The van der Waals surface area contributed by atoms with Gasteiger partial charge in [0.2, 0.25) is 6.04 Å². The summed E-state index contributed by atoms with van der Waals surface area (Å²) in [5.41, 5.74) is 0.676. The van der Waals surface area contributed by atoms with Crippen LogP contribution in [0.1, 0.15) is 17.4 Å². The van der Waals surface area contributed by atoms with Crippen LogP contribution in [0.5, 0.6) is 0 Å². The fourth-order valence-corrected chi connectivity index (χ4v) is 2.60. The number of rotatable bonds is 2. The van der Waals surface area contributed by atoms with Gasteiger partial charge in [-0.25, -0.2) is 4.39 Å². The van der Waals surface area contributed by atoms with Gasteiger partial charge in [-0.15, -0.1) is 11.3 Å². The van der Waals surface area contributed by atoms with E-state index in [0.29, 0.717) is 10.5 Å². The standard InChI is InChI=1S/C10H10FNO3S/c1-6-4-8(12(13)14)9(15-5-6)10-7(11)2-3-16-10/h2-3,8-9H,1,4-5H2/t8-,9-/m0/s1. The highest BCUT2D eigenvalue weighted by Crippen LogP contribution is 2.35. The van der Waals surface area contributed by atoms with E-state index in [1.54, 1.807) is 5.38 Å². The first kappa shape index (κ1) is 11.2. The van der Waals surface area contributed by atoms with Gasteiger partial charge in [-0.1, -0.05) is 6.58 Å². The van der Waals surface area contributed by atoms with Gasteiger partial charge in [-0.3, -0.25) is 10.1 Å². The van der Waals surface area contributed by atoms with Crippen LogP contribution in [-0.2, 0) is 4.74 Å². The molecule has 16 heavy (non-hydrogen) atoms. The minimum atomic E-state index is -0.936. The molecular formula is C10H10FNO3S. The lowest BCUT2D eigenvalue weighted by Gasteiger charge is -2.26. The Hall–Kier alpha value is -1.27. The summed E-state index contributed by atoms with van der Waals surface area (Å²) in [5.74, 6) is -0.436. The van der Waals surface area contributed by atoms with Crippen molar-refractivity contribution in [3.8, 4) is 0 Å². The molecule has 0 saturated carbocycles. The molecule has 0 amide bonds. The van der Waals surface area contributed by atoms with Crippen LogP contribution in [0.2, 0.25) is 0 Å². The Kier molecular flexibility index (Phi) is 3.02. The predicted molar refractivity (Wildman–Crippen MR) is 57.5 cm³/mol. The van der Waals surface area contributed by atoms with Crippen LogP contribution >= 0.6 is 11.3 Å². The van der Waals surface area contributed by atoms with Gasteiger partial charge in [0.25, 0.3) is 0 Å². The summed E-state index contributed by atoms with van der Waals surface area (Å²) in [4.78, 5) is 10.8. The monoisotopic (exact) mass is 243 g/mol. The minimum absolute atomic E-state index is 0.245. The second-order valence-corrected chi connectivity index (χ2v) is 4.62. The van der Waals surface area contributed by atoms with E-state index < -0.39 is 22.9 Å². The zero-order valence-corrected chi connectivity index (χ0v) is 9.21. The number of hydrogen-bond acceptors (Lipinski definition) is 4. The fourth-order valence-electron chi connectivity index (χ4n) is 1.72. The predicted octanol–water partition coefficient (Wildman–Crippen LogP) is 2.55. The third-order valence-electron chi connectivity index (χ3n) is 2.49. The van der Waals surface area contributed by atoms with Gasteiger partial charge in [0.05, 0.1) is 11.5 Å². The molecule has 6 heteroatoms. The van der Waals surface area contributed by atoms with Crippen molar-refractivity contribution in [1.82, 2.24) is 0 Å². The quantitative estimate of drug-likeness (QED) is 0.455. The molecule has 1 aliphatic rings. The van der Waals surface area contributed by atoms with Crippen LogP contribution < -0.4 is 0 Å². The average molecular weight is 243 g/mol. The molecule has 0 aromatic carbocycles. The normalized spacial score (nSPS) is 25.7. The lowest BCUT2D eigenvalue weighted by atomic mass is 9.99. The van der Waals surface area contributed by atoms with Gasteiger partial charge in [-0.2, -0.15) is 0 Å². The van der Waals surface area contributed by atoms with E-state index in [2.05, 4.69) is 6.58 Å². The summed E-state index contributed by atoms with van der Waals surface area (Å²) in [6.45, 7) is 3.92. The van der Waals surface area contributed by atoms with Crippen molar-refractivity contribution in [3.05, 3.63) is 44.4 Å². The first-order valence-corrected chi connectivity index (χ1v) is 5.62. The Morgan fingerprint density at radius 1 is 1.69 bits per heavy atom. The highest BCUT2D eigenvalue weighted by Gasteiger charge is 2.39. The van der Waals surface area contributed by atoms with Gasteiger partial charge in [0.15, 0.2) is 6.10 Å². The zero-order valence-electron chi connectivity index (χ0n) is 8.39. The summed E-state index contributed by atoms with van der Waals surface area (Å²) in [5, 5.41) is 12.4. The van der Waals surface area contributed by atoms with Crippen molar-refractivity contribution in [2.24, 2.45) is 0 Å². The van der Waals surface area contributed by atoms with Gasteiger partial charge < -0.3 is 4.74 Å². The lowest BCUT2D eigenvalue weighted by Crippen LogP contribution is -2.34. The van der Waals surface area contributed by atoms with Gasteiger partial charge in [-0.05, 0) is 17.0 Å². The van der Waals surface area contributed by atoms with E-state index in [4.69, 9.17) is 4.74 Å². The summed E-state index contributed by atoms with van der Waals surface area (Å²) in [6.07, 6.45) is -0.546. The molecule has 2 heterocycles. The highest BCUT2D eigenvalue weighted by atomic mass is 32.1. The molecule has 0 bridgehead atoms. The summed E-state index contributed by atoms with van der Waals surface area (Å²) >= 11 is 1.14. The Balaban J connectivity index is 2.28. The smallest absolute Gasteiger partial charge is 0.247 e. The maximum atomic E-state index is 13.4. The van der Waals surface area contributed by atoms with Crippen molar-refractivity contribution < 1.29 is 14.1 Å². The first-order valence-electron chi connectivity index (χ1n) is 4.74. The Labute approximate surface area is 95.5 Å². The van der Waals surface area contributed by atoms with Crippen LogP contribution in [0, 0.1) is 15.9 Å². The van der Waals surface area contributed by atoms with E-state index in [1.807, 2.05) is 0 Å². The molecule has 0 N–H and O–H groups in total. The second-order valence-electron chi connectivity index (χ2n) is 3.67. The summed E-state index contributed by atoms with van der Waals surface area (Å²) in [7, 11) is 0. The van der Waals surface area contributed by atoms with E-state index in [1.165, 1.54) is 6.07 Å². The van der Waals surface area contributed by atoms with E-state index in [9.17, 15) is 14.5 Å². The molecule has 0 unspecified atom stereocenters. The average Bonchev–Trinajstić information content (AvgIpc) is 2.64. The summed E-state index contributed by atoms with van der Waals surface area (Å²) < 4.78 is 18.7. The third kappa shape index (κ3) is 1.98. The molecule has 1 aromatic rings. The minimum Gasteiger partial charge on any atom is -0.361 e. The van der Waals surface area contributed by atoms with Crippen molar-refractivity contribution >= 4 is 11.3 Å². The molecule has 0 aliphatic carbocycles. The lowest BCUT2D eigenvalue weighted by molar-refractivity contribution is -0.539. The fraction of sp³-hybridized carbons (Fsp3) is 0.400. The van der Waals surface area contributed by atoms with Crippen molar-refractivity contribution in [2.75, 3.05) is 6.61 Å². The molecular weight excluding hydrogens is 233 g/mol. The highest BCUT2D eigenvalue weighted by molar-refractivity contribution is 7.10. The van der Waals surface area contributed by atoms with E-state index >= 15 is 0 Å². The third-order valence-corrected chi connectivity index (χ3v) is 3.44. The van der Waals surface area contributed by atoms with Crippen LogP contribution in [0.25, 0.3) is 0 Å². The van der Waals surface area contributed by atoms with Crippen molar-refractivity contribution in [3.63, 3.8) is 0 Å². The SMILES string of the molecule is C=C1CO[C@H](c2sccc2F)[C@@H]([N+](=O)[O-])C1. The molecule has 2 rings (SSSR count). The van der Waals surface area contributed by atoms with Crippen LogP contribution in [0.3, 0.4) is 0 Å². The summed E-state index contributed by atoms with van der Waals surface area (Å²) in [6, 6.07) is 0.360. The second kappa shape index (κ2) is 4.31. The molecule has 86 valence electrons. The Bertz CT molecular complexity index is 431. The topological polar surface area (TPSA) is 52.4 Å². The van der Waals surface area contributed by atoms with E-state index in [0.717, 1.165) is 11.3 Å². The number of halogens is 1. The molecule has 1 fully saturated rings. The van der Waals surface area contributed by atoms with E-state index in [-0.39, 0.29) is 13.0 Å². The van der Waals surface area contributed by atoms with Crippen LogP contribution in [0.15, 0.2) is 23.6 Å². The zero-order chi connectivity index (χ0) is 11.7. The molecule has 1 aromatic heterocycles. The molecule has 1 saturated heterocycles. The molecule has 0 radical (unpaired) electrons. The van der Waals surface area contributed by atoms with Crippen molar-refractivity contribution in [2.45, 2.75) is 18.6 Å². The number of nitrogens with zero attached hydrogens (tertiary/aromatic N) is 1. The number of hydrogen-bond donors (Lipinski definition) is 0. The van der Waals surface area contributed by atoms with Gasteiger partial charge >= 0.3 is 0 Å². The molecule has 0 spiro atoms. The molecule has 1 aliphatic heterocycles. The number of ether oxygens (including phenoxy) is 1. The van der Waals surface area contributed by atoms with Crippen molar-refractivity contribution in [1.29, 1.82) is 0 Å². The Morgan fingerprint density at radius 3 is 3.00 bits per heavy atom. The van der Waals surface area contributed by atoms with Crippen LogP contribution in [-0.4, -0.2) is 17.6 Å². The Morgan fingerprint density at radius 2 is 2.44 bits per heavy atom.